The third kappa shape index (κ3) is 3.23. The number of nitrogens with zero attached hydrogens (tertiary/aromatic N) is 2. The van der Waals surface area contributed by atoms with Crippen molar-refractivity contribution < 1.29 is 4.74 Å². The fourth-order valence-electron chi connectivity index (χ4n) is 3.43. The molecule has 3 fully saturated rings. The van der Waals surface area contributed by atoms with Crippen LogP contribution in [0.2, 0.25) is 0 Å². The Morgan fingerprint density at radius 3 is 2.50 bits per heavy atom. The summed E-state index contributed by atoms with van der Waals surface area (Å²) in [6, 6.07) is 1.30. The van der Waals surface area contributed by atoms with E-state index in [9.17, 15) is 0 Å². The van der Waals surface area contributed by atoms with Crippen molar-refractivity contribution in [3.63, 3.8) is 0 Å². The van der Waals surface area contributed by atoms with Crippen molar-refractivity contribution in [2.24, 2.45) is 5.92 Å². The second-order valence-corrected chi connectivity index (χ2v) is 5.75. The van der Waals surface area contributed by atoms with E-state index < -0.39 is 0 Å². The van der Waals surface area contributed by atoms with Crippen molar-refractivity contribution in [2.45, 2.75) is 32.4 Å². The summed E-state index contributed by atoms with van der Waals surface area (Å²) in [4.78, 5) is 5.31. The van der Waals surface area contributed by atoms with Gasteiger partial charge in [-0.15, -0.1) is 0 Å². The molecule has 3 aliphatic rings. The zero-order valence-corrected chi connectivity index (χ0v) is 12.2. The number of fused-ring (bicyclic) bond motifs is 3. The molecular formula is C14H29N3O. The van der Waals surface area contributed by atoms with Gasteiger partial charge in [0.25, 0.3) is 0 Å². The summed E-state index contributed by atoms with van der Waals surface area (Å²) in [5.41, 5.74) is 0. The van der Waals surface area contributed by atoms with Gasteiger partial charge in [0.1, 0.15) is 0 Å². The molecule has 0 aliphatic carbocycles. The number of ether oxygens (including phenoxy) is 1. The molecule has 1 N–H and O–H groups in total. The standard InChI is InChI=1S/C14H29N3O/c1-4-15-14(12(2)5-10-18-3)13-11-16-6-8-17(13)9-7-16/h12-15H,4-11H2,1-3H3. The predicted molar refractivity (Wildman–Crippen MR) is 74.9 cm³/mol. The topological polar surface area (TPSA) is 27.7 Å². The number of piperazine rings is 3. The van der Waals surface area contributed by atoms with Crippen LogP contribution in [0, 0.1) is 5.92 Å². The zero-order chi connectivity index (χ0) is 13.0. The van der Waals surface area contributed by atoms with E-state index in [1.165, 1.54) is 32.7 Å². The Hall–Kier alpha value is -0.160. The first-order valence-electron chi connectivity index (χ1n) is 7.45. The molecule has 18 heavy (non-hydrogen) atoms. The van der Waals surface area contributed by atoms with Gasteiger partial charge in [-0.1, -0.05) is 13.8 Å². The van der Waals surface area contributed by atoms with Crippen molar-refractivity contribution in [3.8, 4) is 0 Å². The molecule has 3 heterocycles. The molecule has 3 rings (SSSR count). The van der Waals surface area contributed by atoms with Gasteiger partial charge in [0.05, 0.1) is 0 Å². The number of methoxy groups -OCH3 is 1. The van der Waals surface area contributed by atoms with E-state index in [4.69, 9.17) is 4.74 Å². The minimum atomic E-state index is 0.605. The molecule has 0 aromatic rings. The fraction of sp³-hybridized carbons (Fsp3) is 1.00. The van der Waals surface area contributed by atoms with Crippen LogP contribution in [0.1, 0.15) is 20.3 Å². The van der Waals surface area contributed by atoms with Gasteiger partial charge in [-0.05, 0) is 18.9 Å². The van der Waals surface area contributed by atoms with Crippen LogP contribution in [0.15, 0.2) is 0 Å². The van der Waals surface area contributed by atoms with E-state index in [1.807, 2.05) is 0 Å². The first-order chi connectivity index (χ1) is 8.76. The lowest BCUT2D eigenvalue weighted by Gasteiger charge is -2.51. The first-order valence-corrected chi connectivity index (χ1v) is 7.45. The predicted octanol–water partition coefficient (Wildman–Crippen LogP) is 0.637. The number of hydrogen-bond acceptors (Lipinski definition) is 4. The van der Waals surface area contributed by atoms with Gasteiger partial charge in [-0.3, -0.25) is 9.80 Å². The molecule has 0 aromatic heterocycles. The van der Waals surface area contributed by atoms with Crippen molar-refractivity contribution >= 4 is 0 Å². The van der Waals surface area contributed by atoms with Gasteiger partial charge in [-0.2, -0.15) is 0 Å². The van der Waals surface area contributed by atoms with Crippen LogP contribution in [0.4, 0.5) is 0 Å². The quantitative estimate of drug-likeness (QED) is 0.722. The Morgan fingerprint density at radius 1 is 1.28 bits per heavy atom. The average molecular weight is 255 g/mol. The summed E-state index contributed by atoms with van der Waals surface area (Å²) in [5, 5.41) is 3.72. The van der Waals surface area contributed by atoms with Crippen molar-refractivity contribution in [1.29, 1.82) is 0 Å². The van der Waals surface area contributed by atoms with Crippen LogP contribution in [0.25, 0.3) is 0 Å². The molecule has 4 heteroatoms. The van der Waals surface area contributed by atoms with Gasteiger partial charge in [0, 0.05) is 58.5 Å². The van der Waals surface area contributed by atoms with E-state index in [0.717, 1.165) is 19.6 Å². The molecule has 0 spiro atoms. The maximum atomic E-state index is 5.24. The van der Waals surface area contributed by atoms with E-state index in [-0.39, 0.29) is 0 Å². The number of nitrogens with one attached hydrogen (secondary N) is 1. The summed E-state index contributed by atoms with van der Waals surface area (Å²) in [6.07, 6.45) is 1.15. The summed E-state index contributed by atoms with van der Waals surface area (Å²) in [5.74, 6) is 0.676. The monoisotopic (exact) mass is 255 g/mol. The van der Waals surface area contributed by atoms with Crippen LogP contribution in [-0.4, -0.2) is 74.9 Å². The molecular weight excluding hydrogens is 226 g/mol. The minimum Gasteiger partial charge on any atom is -0.385 e. The molecule has 3 atom stereocenters. The lowest BCUT2D eigenvalue weighted by molar-refractivity contribution is -0.0138. The second-order valence-electron chi connectivity index (χ2n) is 5.75. The van der Waals surface area contributed by atoms with Gasteiger partial charge in [0.15, 0.2) is 0 Å². The van der Waals surface area contributed by atoms with Crippen LogP contribution in [0.5, 0.6) is 0 Å². The van der Waals surface area contributed by atoms with Crippen molar-refractivity contribution in [3.05, 3.63) is 0 Å². The highest BCUT2D eigenvalue weighted by Gasteiger charge is 2.38. The number of rotatable bonds is 7. The van der Waals surface area contributed by atoms with Gasteiger partial charge < -0.3 is 10.1 Å². The largest absolute Gasteiger partial charge is 0.385 e. The first kappa shape index (κ1) is 14.3. The third-order valence-corrected chi connectivity index (χ3v) is 4.57. The number of hydrogen-bond donors (Lipinski definition) is 1. The summed E-state index contributed by atoms with van der Waals surface area (Å²) in [7, 11) is 1.80. The molecule has 3 aliphatic heterocycles. The van der Waals surface area contributed by atoms with Crippen molar-refractivity contribution in [1.82, 2.24) is 15.1 Å². The SMILES string of the molecule is CCNC(C(C)CCOC)C1CN2CCN1CC2. The maximum Gasteiger partial charge on any atom is 0.0465 e. The van der Waals surface area contributed by atoms with Gasteiger partial charge >= 0.3 is 0 Å². The second kappa shape index (κ2) is 6.85. The molecule has 0 radical (unpaired) electrons. The molecule has 4 nitrogen and oxygen atoms in total. The lowest BCUT2D eigenvalue weighted by atomic mass is 9.88. The highest BCUT2D eigenvalue weighted by Crippen LogP contribution is 2.23. The highest BCUT2D eigenvalue weighted by molar-refractivity contribution is 4.96. The third-order valence-electron chi connectivity index (χ3n) is 4.57. The Bertz CT molecular complexity index is 241. The lowest BCUT2D eigenvalue weighted by Crippen LogP contribution is -2.67. The van der Waals surface area contributed by atoms with Crippen LogP contribution in [0.3, 0.4) is 0 Å². The summed E-state index contributed by atoms with van der Waals surface area (Å²) < 4.78 is 5.24. The highest BCUT2D eigenvalue weighted by atomic mass is 16.5. The normalized spacial score (nSPS) is 34.5. The Morgan fingerprint density at radius 2 is 2.00 bits per heavy atom. The van der Waals surface area contributed by atoms with Gasteiger partial charge in [0.2, 0.25) is 0 Å². The van der Waals surface area contributed by atoms with Crippen molar-refractivity contribution in [2.75, 3.05) is 53.0 Å². The molecule has 0 saturated carbocycles. The molecule has 3 unspecified atom stereocenters. The minimum absolute atomic E-state index is 0.605. The van der Waals surface area contributed by atoms with Crippen LogP contribution < -0.4 is 5.32 Å². The molecule has 0 amide bonds. The van der Waals surface area contributed by atoms with Crippen LogP contribution in [-0.2, 0) is 4.74 Å². The fourth-order valence-corrected chi connectivity index (χ4v) is 3.43. The summed E-state index contributed by atoms with van der Waals surface area (Å²) >= 11 is 0. The van der Waals surface area contributed by atoms with E-state index in [0.29, 0.717) is 18.0 Å². The number of likely N-dealkylation sites (N-methyl/N-ethyl adjacent to an activating group) is 1. The van der Waals surface area contributed by atoms with E-state index in [2.05, 4.69) is 29.0 Å². The molecule has 106 valence electrons. The maximum absolute atomic E-state index is 5.24. The molecule has 0 aromatic carbocycles. The van der Waals surface area contributed by atoms with E-state index >= 15 is 0 Å². The van der Waals surface area contributed by atoms with Gasteiger partial charge in [-0.25, -0.2) is 0 Å². The molecule has 2 bridgehead atoms. The van der Waals surface area contributed by atoms with E-state index in [1.54, 1.807) is 7.11 Å². The molecule has 3 saturated heterocycles. The zero-order valence-electron chi connectivity index (χ0n) is 12.2. The average Bonchev–Trinajstić information content (AvgIpc) is 2.43. The Labute approximate surface area is 112 Å². The Balaban J connectivity index is 1.95. The Kier molecular flexibility index (Phi) is 5.42. The summed E-state index contributed by atoms with van der Waals surface area (Å²) in [6.45, 7) is 12.8. The smallest absolute Gasteiger partial charge is 0.0465 e. The van der Waals surface area contributed by atoms with Crippen LogP contribution >= 0.6 is 0 Å².